The van der Waals surface area contributed by atoms with Crippen LogP contribution in [0, 0.1) is 15.9 Å². The molecule has 0 saturated carbocycles. The van der Waals surface area contributed by atoms with E-state index in [0.29, 0.717) is 18.7 Å². The predicted octanol–water partition coefficient (Wildman–Crippen LogP) is 5.52. The molecule has 1 N–H and O–H groups in total. The molecular formula is C29H32FN3O4S. The molecule has 38 heavy (non-hydrogen) atoms. The number of hydrogen-bond acceptors (Lipinski definition) is 5. The van der Waals surface area contributed by atoms with Gasteiger partial charge < -0.3 is 10.2 Å². The highest BCUT2D eigenvalue weighted by Crippen LogP contribution is 2.20. The monoisotopic (exact) mass is 537 g/mol. The van der Waals surface area contributed by atoms with Crippen molar-refractivity contribution in [1.82, 2.24) is 10.2 Å². The molecule has 9 heteroatoms. The van der Waals surface area contributed by atoms with Crippen molar-refractivity contribution in [2.24, 2.45) is 0 Å². The lowest BCUT2D eigenvalue weighted by atomic mass is 10.0. The summed E-state index contributed by atoms with van der Waals surface area (Å²) in [6, 6.07) is 20.9. The lowest BCUT2D eigenvalue weighted by molar-refractivity contribution is -0.384. The Morgan fingerprint density at radius 2 is 1.63 bits per heavy atom. The number of nitrogens with one attached hydrogen (secondary N) is 1. The van der Waals surface area contributed by atoms with Crippen LogP contribution in [0.5, 0.6) is 0 Å². The van der Waals surface area contributed by atoms with Gasteiger partial charge in [-0.15, -0.1) is 11.8 Å². The standard InChI is InChI=1S/C29H32FN3O4S/c1-2-3-17-31-29(35)27(18-22-7-5-4-6-8-22)32(19-23-9-13-25(30)14-10-23)28(34)21-38-20-24-11-15-26(16-12-24)33(36)37/h4-16,27H,2-3,17-21H2,1H3,(H,31,35)/t27-/m1/s1. The van der Waals surface area contributed by atoms with E-state index in [2.05, 4.69) is 5.32 Å². The van der Waals surface area contributed by atoms with Gasteiger partial charge in [0.25, 0.3) is 5.69 Å². The van der Waals surface area contributed by atoms with Crippen LogP contribution < -0.4 is 5.32 Å². The minimum Gasteiger partial charge on any atom is -0.354 e. The summed E-state index contributed by atoms with van der Waals surface area (Å²) in [7, 11) is 0. The van der Waals surface area contributed by atoms with Crippen LogP contribution in [0.25, 0.3) is 0 Å². The molecule has 0 fully saturated rings. The third kappa shape index (κ3) is 8.99. The average molecular weight is 538 g/mol. The summed E-state index contributed by atoms with van der Waals surface area (Å²) < 4.78 is 13.5. The first-order valence-electron chi connectivity index (χ1n) is 12.5. The smallest absolute Gasteiger partial charge is 0.269 e. The molecule has 3 rings (SSSR count). The molecule has 0 saturated heterocycles. The zero-order valence-electron chi connectivity index (χ0n) is 21.3. The Morgan fingerprint density at radius 1 is 0.974 bits per heavy atom. The second-order valence-corrected chi connectivity index (χ2v) is 9.90. The van der Waals surface area contributed by atoms with Gasteiger partial charge in [0.2, 0.25) is 11.8 Å². The Bertz CT molecular complexity index is 1190. The van der Waals surface area contributed by atoms with Crippen LogP contribution >= 0.6 is 11.8 Å². The van der Waals surface area contributed by atoms with Crippen LogP contribution in [0.2, 0.25) is 0 Å². The summed E-state index contributed by atoms with van der Waals surface area (Å²) in [4.78, 5) is 39.0. The van der Waals surface area contributed by atoms with Crippen LogP contribution in [0.4, 0.5) is 10.1 Å². The van der Waals surface area contributed by atoms with Gasteiger partial charge in [-0.05, 0) is 35.2 Å². The van der Waals surface area contributed by atoms with Crippen LogP contribution in [0.1, 0.15) is 36.5 Å². The first-order valence-corrected chi connectivity index (χ1v) is 13.7. The molecule has 7 nitrogen and oxygen atoms in total. The Hall–Kier alpha value is -3.72. The van der Waals surface area contributed by atoms with Crippen LogP contribution in [-0.2, 0) is 28.3 Å². The summed E-state index contributed by atoms with van der Waals surface area (Å²) in [6.07, 6.45) is 2.11. The molecule has 0 radical (unpaired) electrons. The fourth-order valence-corrected chi connectivity index (χ4v) is 4.77. The molecule has 3 aromatic rings. The minimum atomic E-state index is -0.744. The van der Waals surface area contributed by atoms with Crippen LogP contribution in [0.15, 0.2) is 78.9 Å². The fraction of sp³-hybridized carbons (Fsp3) is 0.310. The van der Waals surface area contributed by atoms with Crippen molar-refractivity contribution in [2.75, 3.05) is 12.3 Å². The van der Waals surface area contributed by atoms with Crippen molar-refractivity contribution in [3.05, 3.63) is 111 Å². The molecule has 0 aliphatic rings. The number of nitrogens with zero attached hydrogens (tertiary/aromatic N) is 2. The molecule has 2 amide bonds. The lowest BCUT2D eigenvalue weighted by Gasteiger charge is -2.31. The maximum atomic E-state index is 13.6. The van der Waals surface area contributed by atoms with Gasteiger partial charge in [0, 0.05) is 37.4 Å². The highest BCUT2D eigenvalue weighted by molar-refractivity contribution is 7.99. The highest BCUT2D eigenvalue weighted by atomic mass is 32.2. The Morgan fingerprint density at radius 3 is 2.26 bits per heavy atom. The zero-order valence-corrected chi connectivity index (χ0v) is 22.2. The Labute approximate surface area is 226 Å². The number of unbranched alkanes of at least 4 members (excludes halogenated alkanes) is 1. The van der Waals surface area contributed by atoms with E-state index in [9.17, 15) is 24.1 Å². The van der Waals surface area contributed by atoms with E-state index in [-0.39, 0.29) is 35.6 Å². The van der Waals surface area contributed by atoms with Gasteiger partial charge in [0.05, 0.1) is 10.7 Å². The number of hydrogen-bond donors (Lipinski definition) is 1. The maximum absolute atomic E-state index is 13.6. The summed E-state index contributed by atoms with van der Waals surface area (Å²) in [5.74, 6) is -0.208. The van der Waals surface area contributed by atoms with Crippen LogP contribution in [0.3, 0.4) is 0 Å². The first kappa shape index (κ1) is 28.8. The van der Waals surface area contributed by atoms with E-state index in [4.69, 9.17) is 0 Å². The molecule has 0 heterocycles. The molecular weight excluding hydrogens is 505 g/mol. The molecule has 200 valence electrons. The largest absolute Gasteiger partial charge is 0.354 e. The van der Waals surface area contributed by atoms with E-state index in [1.165, 1.54) is 36.0 Å². The number of carbonyl (C=O) groups excluding carboxylic acids is 2. The molecule has 0 unspecified atom stereocenters. The SMILES string of the molecule is CCCCNC(=O)[C@@H](Cc1ccccc1)N(Cc1ccc(F)cc1)C(=O)CSCc1ccc([N+](=O)[O-])cc1. The summed E-state index contributed by atoms with van der Waals surface area (Å²) in [5, 5.41) is 13.9. The average Bonchev–Trinajstić information content (AvgIpc) is 2.92. The third-order valence-corrected chi connectivity index (χ3v) is 7.00. The third-order valence-electron chi connectivity index (χ3n) is 6.01. The van der Waals surface area contributed by atoms with E-state index in [0.717, 1.165) is 29.5 Å². The number of thioether (sulfide) groups is 1. The van der Waals surface area contributed by atoms with E-state index < -0.39 is 11.0 Å². The topological polar surface area (TPSA) is 92.6 Å². The minimum absolute atomic E-state index is 0.0122. The molecule has 0 aliphatic carbocycles. The van der Waals surface area contributed by atoms with Gasteiger partial charge in [0.1, 0.15) is 11.9 Å². The number of benzene rings is 3. The zero-order chi connectivity index (χ0) is 27.3. The Kier molecular flexibility index (Phi) is 11.3. The quantitative estimate of drug-likeness (QED) is 0.166. The van der Waals surface area contributed by atoms with E-state index in [1.54, 1.807) is 29.2 Å². The number of carbonyl (C=O) groups is 2. The maximum Gasteiger partial charge on any atom is 0.269 e. The lowest BCUT2D eigenvalue weighted by Crippen LogP contribution is -2.51. The molecule has 3 aromatic carbocycles. The number of amides is 2. The molecule has 1 atom stereocenters. The number of halogens is 1. The number of nitro benzene ring substituents is 1. The van der Waals surface area contributed by atoms with Crippen molar-refractivity contribution < 1.29 is 18.9 Å². The summed E-state index contributed by atoms with van der Waals surface area (Å²) in [5.41, 5.74) is 2.52. The van der Waals surface area contributed by atoms with Crippen LogP contribution in [-0.4, -0.2) is 40.0 Å². The number of non-ortho nitro benzene ring substituents is 1. The first-order chi connectivity index (χ1) is 18.4. The molecule has 0 aliphatic heterocycles. The van der Waals surface area contributed by atoms with Gasteiger partial charge in [-0.2, -0.15) is 0 Å². The predicted molar refractivity (Wildman–Crippen MR) is 148 cm³/mol. The van der Waals surface area contributed by atoms with Crippen molar-refractivity contribution >= 4 is 29.3 Å². The van der Waals surface area contributed by atoms with Gasteiger partial charge in [-0.1, -0.05) is 67.9 Å². The van der Waals surface area contributed by atoms with Gasteiger partial charge in [0.15, 0.2) is 0 Å². The second-order valence-electron chi connectivity index (χ2n) is 8.91. The molecule has 0 spiro atoms. The summed E-state index contributed by atoms with van der Waals surface area (Å²) in [6.45, 7) is 2.73. The molecule has 0 bridgehead atoms. The van der Waals surface area contributed by atoms with Crippen molar-refractivity contribution in [3.8, 4) is 0 Å². The number of nitro groups is 1. The van der Waals surface area contributed by atoms with Crippen molar-refractivity contribution in [1.29, 1.82) is 0 Å². The van der Waals surface area contributed by atoms with Crippen molar-refractivity contribution in [3.63, 3.8) is 0 Å². The second kappa shape index (κ2) is 14.9. The van der Waals surface area contributed by atoms with Gasteiger partial charge >= 0.3 is 0 Å². The fourth-order valence-electron chi connectivity index (χ4n) is 3.90. The normalized spacial score (nSPS) is 11.5. The Balaban J connectivity index is 1.80. The van der Waals surface area contributed by atoms with Gasteiger partial charge in [-0.25, -0.2) is 4.39 Å². The van der Waals surface area contributed by atoms with E-state index >= 15 is 0 Å². The highest BCUT2D eigenvalue weighted by Gasteiger charge is 2.30. The number of rotatable bonds is 14. The summed E-state index contributed by atoms with van der Waals surface area (Å²) >= 11 is 1.37. The molecule has 0 aromatic heterocycles. The van der Waals surface area contributed by atoms with Crippen molar-refractivity contribution in [2.45, 2.75) is 44.5 Å². The van der Waals surface area contributed by atoms with E-state index in [1.807, 2.05) is 37.3 Å². The van der Waals surface area contributed by atoms with Gasteiger partial charge in [-0.3, -0.25) is 19.7 Å².